The van der Waals surface area contributed by atoms with Gasteiger partial charge in [-0.3, -0.25) is 4.79 Å². The number of rotatable bonds is 4. The fourth-order valence-electron chi connectivity index (χ4n) is 2.93. The summed E-state index contributed by atoms with van der Waals surface area (Å²) in [6, 6.07) is -0.211. The molecule has 1 aliphatic heterocycles. The lowest BCUT2D eigenvalue weighted by Gasteiger charge is -2.31. The number of carbonyl (C=O) groups excluding carboxylic acids is 2. The van der Waals surface area contributed by atoms with Crippen LogP contribution in [0, 0.1) is 5.92 Å². The molecule has 0 aromatic heterocycles. The first-order chi connectivity index (χ1) is 9.16. The number of hydrogen-bond donors (Lipinski definition) is 2. The van der Waals surface area contributed by atoms with Gasteiger partial charge in [0.2, 0.25) is 5.91 Å². The Morgan fingerprint density at radius 1 is 1.26 bits per heavy atom. The molecule has 108 valence electrons. The summed E-state index contributed by atoms with van der Waals surface area (Å²) in [5.74, 6) is 0.0386. The molecule has 6 nitrogen and oxygen atoms in total. The highest BCUT2D eigenvalue weighted by Gasteiger charge is 2.29. The number of nitrogens with one attached hydrogen (secondary N) is 1. The van der Waals surface area contributed by atoms with Gasteiger partial charge in [-0.15, -0.1) is 0 Å². The van der Waals surface area contributed by atoms with Gasteiger partial charge in [-0.2, -0.15) is 0 Å². The molecule has 1 atom stereocenters. The van der Waals surface area contributed by atoms with Crippen LogP contribution < -0.4 is 11.1 Å². The van der Waals surface area contributed by atoms with Crippen LogP contribution in [0.4, 0.5) is 4.79 Å². The van der Waals surface area contributed by atoms with Gasteiger partial charge in [-0.05, 0) is 18.8 Å². The first-order valence-corrected chi connectivity index (χ1v) is 7.08. The summed E-state index contributed by atoms with van der Waals surface area (Å²) in [5.41, 5.74) is 5.29. The molecule has 3 amide bonds. The van der Waals surface area contributed by atoms with Gasteiger partial charge >= 0.3 is 6.03 Å². The summed E-state index contributed by atoms with van der Waals surface area (Å²) in [4.78, 5) is 25.1. The quantitative estimate of drug-likeness (QED) is 0.777. The SMILES string of the molecule is NC(=O)C[C@H](NC(=O)N1CCOCC1)C1CCCC1. The number of urea groups is 1. The van der Waals surface area contributed by atoms with Crippen molar-refractivity contribution in [3.63, 3.8) is 0 Å². The molecule has 0 bridgehead atoms. The van der Waals surface area contributed by atoms with E-state index in [1.54, 1.807) is 4.90 Å². The predicted octanol–water partition coefficient (Wildman–Crippen LogP) is 0.462. The second-order valence-corrected chi connectivity index (χ2v) is 5.37. The van der Waals surface area contributed by atoms with E-state index in [2.05, 4.69) is 5.32 Å². The van der Waals surface area contributed by atoms with Gasteiger partial charge in [0.15, 0.2) is 0 Å². The number of morpholine rings is 1. The molecule has 0 aromatic carbocycles. The van der Waals surface area contributed by atoms with Crippen LogP contribution in [0.3, 0.4) is 0 Å². The van der Waals surface area contributed by atoms with Crippen molar-refractivity contribution in [1.29, 1.82) is 0 Å². The van der Waals surface area contributed by atoms with Gasteiger partial charge < -0.3 is 20.7 Å². The maximum atomic E-state index is 12.2. The molecule has 1 saturated heterocycles. The number of nitrogens with zero attached hydrogens (tertiary/aromatic N) is 1. The summed E-state index contributed by atoms with van der Waals surface area (Å²) >= 11 is 0. The number of hydrogen-bond acceptors (Lipinski definition) is 3. The average molecular weight is 269 g/mol. The van der Waals surface area contributed by atoms with E-state index in [1.165, 1.54) is 12.8 Å². The maximum absolute atomic E-state index is 12.2. The van der Waals surface area contributed by atoms with Crippen molar-refractivity contribution in [3.8, 4) is 0 Å². The molecule has 0 unspecified atom stereocenters. The molecule has 2 fully saturated rings. The van der Waals surface area contributed by atoms with E-state index in [1.807, 2.05) is 0 Å². The van der Waals surface area contributed by atoms with Crippen LogP contribution in [0.15, 0.2) is 0 Å². The van der Waals surface area contributed by atoms with E-state index in [9.17, 15) is 9.59 Å². The van der Waals surface area contributed by atoms with E-state index in [0.29, 0.717) is 32.2 Å². The molecule has 2 aliphatic rings. The Balaban J connectivity index is 1.90. The molecule has 6 heteroatoms. The normalized spacial score (nSPS) is 22.2. The second kappa shape index (κ2) is 6.75. The molecule has 1 heterocycles. The fraction of sp³-hybridized carbons (Fsp3) is 0.846. The number of amides is 3. The average Bonchev–Trinajstić information content (AvgIpc) is 2.92. The van der Waals surface area contributed by atoms with E-state index in [0.717, 1.165) is 12.8 Å². The molecule has 19 heavy (non-hydrogen) atoms. The minimum absolute atomic E-state index is 0.0959. The van der Waals surface area contributed by atoms with Crippen molar-refractivity contribution in [2.45, 2.75) is 38.1 Å². The molecule has 1 aliphatic carbocycles. The third kappa shape index (κ3) is 4.09. The van der Waals surface area contributed by atoms with Gasteiger partial charge in [-0.25, -0.2) is 4.79 Å². The van der Waals surface area contributed by atoms with E-state index < -0.39 is 0 Å². The summed E-state index contributed by atoms with van der Waals surface area (Å²) in [7, 11) is 0. The van der Waals surface area contributed by atoms with Crippen LogP contribution in [-0.4, -0.2) is 49.2 Å². The van der Waals surface area contributed by atoms with Crippen LogP contribution >= 0.6 is 0 Å². The zero-order chi connectivity index (χ0) is 13.7. The van der Waals surface area contributed by atoms with Gasteiger partial charge in [-0.1, -0.05) is 12.8 Å². The molecule has 3 N–H and O–H groups in total. The lowest BCUT2D eigenvalue weighted by Crippen LogP contribution is -2.51. The summed E-state index contributed by atoms with van der Waals surface area (Å²) in [5, 5.41) is 2.99. The van der Waals surface area contributed by atoms with Crippen LogP contribution in [-0.2, 0) is 9.53 Å². The van der Waals surface area contributed by atoms with Crippen molar-refractivity contribution in [1.82, 2.24) is 10.2 Å². The van der Waals surface area contributed by atoms with E-state index in [-0.39, 0.29) is 24.4 Å². The van der Waals surface area contributed by atoms with E-state index >= 15 is 0 Å². The summed E-state index contributed by atoms with van der Waals surface area (Å²) < 4.78 is 5.22. The Kier molecular flexibility index (Phi) is 5.01. The summed E-state index contributed by atoms with van der Waals surface area (Å²) in [6.07, 6.45) is 4.73. The Morgan fingerprint density at radius 2 is 1.89 bits per heavy atom. The highest BCUT2D eigenvalue weighted by Crippen LogP contribution is 2.29. The lowest BCUT2D eigenvalue weighted by atomic mass is 9.95. The third-order valence-corrected chi connectivity index (χ3v) is 4.00. The van der Waals surface area contributed by atoms with Crippen molar-refractivity contribution in [2.75, 3.05) is 26.3 Å². The third-order valence-electron chi connectivity index (χ3n) is 4.00. The number of primary amides is 1. The van der Waals surface area contributed by atoms with E-state index in [4.69, 9.17) is 10.5 Å². The Morgan fingerprint density at radius 3 is 2.47 bits per heavy atom. The van der Waals surface area contributed by atoms with Gasteiger partial charge in [0.25, 0.3) is 0 Å². The zero-order valence-corrected chi connectivity index (χ0v) is 11.3. The topological polar surface area (TPSA) is 84.7 Å². The number of ether oxygens (including phenoxy) is 1. The van der Waals surface area contributed by atoms with Gasteiger partial charge in [0.05, 0.1) is 13.2 Å². The van der Waals surface area contributed by atoms with Crippen molar-refractivity contribution >= 4 is 11.9 Å². The van der Waals surface area contributed by atoms with Crippen molar-refractivity contribution < 1.29 is 14.3 Å². The largest absolute Gasteiger partial charge is 0.378 e. The van der Waals surface area contributed by atoms with Crippen LogP contribution in [0.5, 0.6) is 0 Å². The van der Waals surface area contributed by atoms with Gasteiger partial charge in [0, 0.05) is 25.6 Å². The Bertz CT molecular complexity index is 323. The van der Waals surface area contributed by atoms with Crippen molar-refractivity contribution in [2.24, 2.45) is 11.7 Å². The Labute approximate surface area is 113 Å². The molecule has 0 radical (unpaired) electrons. The molecular weight excluding hydrogens is 246 g/mol. The smallest absolute Gasteiger partial charge is 0.317 e. The minimum Gasteiger partial charge on any atom is -0.378 e. The lowest BCUT2D eigenvalue weighted by molar-refractivity contribution is -0.118. The fourth-order valence-corrected chi connectivity index (χ4v) is 2.93. The molecular formula is C13H23N3O3. The minimum atomic E-state index is -0.348. The number of nitrogens with two attached hydrogens (primary N) is 1. The first kappa shape index (κ1) is 14.1. The second-order valence-electron chi connectivity index (χ2n) is 5.37. The highest BCUT2D eigenvalue weighted by atomic mass is 16.5. The predicted molar refractivity (Wildman–Crippen MR) is 70.5 cm³/mol. The monoisotopic (exact) mass is 269 g/mol. The molecule has 1 saturated carbocycles. The zero-order valence-electron chi connectivity index (χ0n) is 11.3. The van der Waals surface area contributed by atoms with Gasteiger partial charge in [0.1, 0.15) is 0 Å². The maximum Gasteiger partial charge on any atom is 0.317 e. The highest BCUT2D eigenvalue weighted by molar-refractivity contribution is 5.78. The van der Waals surface area contributed by atoms with Crippen LogP contribution in [0.2, 0.25) is 0 Å². The Hall–Kier alpha value is -1.30. The molecule has 0 aromatic rings. The van der Waals surface area contributed by atoms with Crippen LogP contribution in [0.1, 0.15) is 32.1 Å². The first-order valence-electron chi connectivity index (χ1n) is 7.08. The standard InChI is InChI=1S/C13H23N3O3/c14-12(17)9-11(10-3-1-2-4-10)15-13(18)16-5-7-19-8-6-16/h10-11H,1-9H2,(H2,14,17)(H,15,18)/t11-/m0/s1. The van der Waals surface area contributed by atoms with Crippen LogP contribution in [0.25, 0.3) is 0 Å². The molecule has 0 spiro atoms. The van der Waals surface area contributed by atoms with Crippen molar-refractivity contribution in [3.05, 3.63) is 0 Å². The number of carbonyl (C=O) groups is 2. The molecule has 2 rings (SSSR count). The summed E-state index contributed by atoms with van der Waals surface area (Å²) in [6.45, 7) is 2.38.